The molecular weight excluding hydrogens is 462 g/mol. The predicted octanol–water partition coefficient (Wildman–Crippen LogP) is 5.50. The molecule has 0 spiro atoms. The number of carbonyl (C=O) groups is 1. The highest BCUT2D eigenvalue weighted by atomic mass is 35.5. The summed E-state index contributed by atoms with van der Waals surface area (Å²) in [5, 5.41) is 1.47. The zero-order valence-corrected chi connectivity index (χ0v) is 20.6. The monoisotopic (exact) mass is 489 g/mol. The van der Waals surface area contributed by atoms with Crippen LogP contribution < -0.4 is 4.90 Å². The lowest BCUT2D eigenvalue weighted by atomic mass is 10.2. The highest BCUT2D eigenvalue weighted by molar-refractivity contribution is 7.99. The molecule has 5 nitrogen and oxygen atoms in total. The van der Waals surface area contributed by atoms with Crippen molar-refractivity contribution in [3.05, 3.63) is 53.1 Å². The number of thioether (sulfide) groups is 1. The number of benzene rings is 2. The highest BCUT2D eigenvalue weighted by Gasteiger charge is 2.21. The molecule has 0 N–H and O–H groups in total. The van der Waals surface area contributed by atoms with E-state index < -0.39 is 0 Å². The predicted molar refractivity (Wildman–Crippen MR) is 135 cm³/mol. The minimum absolute atomic E-state index is 0.123. The molecule has 4 rings (SSSR count). The molecule has 1 saturated heterocycles. The van der Waals surface area contributed by atoms with Crippen LogP contribution in [-0.4, -0.2) is 60.9 Å². The number of nitrogens with zero attached hydrogens (tertiary/aromatic N) is 3. The summed E-state index contributed by atoms with van der Waals surface area (Å²) in [6.45, 7) is 7.10. The largest absolute Gasteiger partial charge is 0.379 e. The summed E-state index contributed by atoms with van der Waals surface area (Å²) in [6.07, 6.45) is 1.39. The third-order valence-corrected chi connectivity index (χ3v) is 8.02. The van der Waals surface area contributed by atoms with Crippen LogP contribution in [0, 0.1) is 6.92 Å². The maximum atomic E-state index is 13.3. The van der Waals surface area contributed by atoms with Crippen LogP contribution in [0.2, 0.25) is 5.02 Å². The third-order valence-electron chi connectivity index (χ3n) is 5.56. The lowest BCUT2D eigenvalue weighted by molar-refractivity contribution is -0.118. The first kappa shape index (κ1) is 23.5. The average Bonchev–Trinajstić information content (AvgIpc) is 3.25. The molecule has 3 aromatic rings. The number of ether oxygens (including phenoxy) is 1. The van der Waals surface area contributed by atoms with Crippen molar-refractivity contribution in [2.24, 2.45) is 0 Å². The molecule has 2 heterocycles. The van der Waals surface area contributed by atoms with Crippen LogP contribution in [0.25, 0.3) is 10.2 Å². The zero-order valence-electron chi connectivity index (χ0n) is 18.3. The van der Waals surface area contributed by atoms with E-state index in [9.17, 15) is 4.79 Å². The first-order valence-corrected chi connectivity index (χ1v) is 13.1. The molecule has 2 aromatic carbocycles. The average molecular weight is 490 g/mol. The topological polar surface area (TPSA) is 45.7 Å². The number of morpholine rings is 1. The van der Waals surface area contributed by atoms with Gasteiger partial charge in [0.05, 0.1) is 23.4 Å². The number of rotatable bonds is 9. The van der Waals surface area contributed by atoms with Crippen LogP contribution >= 0.6 is 34.7 Å². The number of thiazole rings is 1. The minimum Gasteiger partial charge on any atom is -0.379 e. The number of halogens is 1. The van der Waals surface area contributed by atoms with E-state index in [1.807, 2.05) is 42.2 Å². The molecule has 8 heteroatoms. The minimum atomic E-state index is 0.123. The van der Waals surface area contributed by atoms with Gasteiger partial charge in [0.25, 0.3) is 0 Å². The Balaban J connectivity index is 1.45. The number of hydrogen-bond acceptors (Lipinski definition) is 6. The van der Waals surface area contributed by atoms with Gasteiger partial charge >= 0.3 is 0 Å². The molecular formula is C24H28ClN3O2S2. The van der Waals surface area contributed by atoms with Crippen molar-refractivity contribution >= 4 is 56.0 Å². The van der Waals surface area contributed by atoms with E-state index in [1.165, 1.54) is 4.90 Å². The maximum absolute atomic E-state index is 13.3. The Kier molecular flexibility index (Phi) is 8.43. The van der Waals surface area contributed by atoms with E-state index in [0.717, 1.165) is 65.9 Å². The zero-order chi connectivity index (χ0) is 22.3. The van der Waals surface area contributed by atoms with Gasteiger partial charge in [-0.2, -0.15) is 0 Å². The van der Waals surface area contributed by atoms with Gasteiger partial charge in [-0.1, -0.05) is 41.1 Å². The van der Waals surface area contributed by atoms with Crippen LogP contribution in [0.3, 0.4) is 0 Å². The Bertz CT molecular complexity index is 1040. The maximum Gasteiger partial charge on any atom is 0.229 e. The van der Waals surface area contributed by atoms with E-state index >= 15 is 0 Å². The van der Waals surface area contributed by atoms with Crippen LogP contribution in [0.15, 0.2) is 47.4 Å². The fourth-order valence-electron chi connectivity index (χ4n) is 3.72. The second-order valence-corrected chi connectivity index (χ2v) is 10.4. The van der Waals surface area contributed by atoms with E-state index in [0.29, 0.717) is 18.0 Å². The Labute approximate surface area is 202 Å². The number of aromatic nitrogens is 1. The fourth-order valence-corrected chi connectivity index (χ4v) is 5.80. The summed E-state index contributed by atoms with van der Waals surface area (Å²) in [6, 6.07) is 14.1. The van der Waals surface area contributed by atoms with E-state index in [-0.39, 0.29) is 5.91 Å². The Morgan fingerprint density at radius 1 is 1.22 bits per heavy atom. The van der Waals surface area contributed by atoms with Crippen molar-refractivity contribution in [1.82, 2.24) is 9.88 Å². The summed E-state index contributed by atoms with van der Waals surface area (Å²) in [5.41, 5.74) is 1.86. The smallest absolute Gasteiger partial charge is 0.229 e. The van der Waals surface area contributed by atoms with Crippen molar-refractivity contribution in [3.63, 3.8) is 0 Å². The standard InChI is InChI=1S/C24H28ClN3O2S2/c1-18-20(25)8-9-21-23(18)26-24(32-21)28(12-5-11-27-13-15-30-16-14-27)22(29)10-17-31-19-6-3-2-4-7-19/h2-4,6-9H,5,10-17H2,1H3. The highest BCUT2D eigenvalue weighted by Crippen LogP contribution is 2.34. The van der Waals surface area contributed by atoms with Gasteiger partial charge < -0.3 is 4.74 Å². The van der Waals surface area contributed by atoms with Crippen LogP contribution in [0.4, 0.5) is 5.13 Å². The third kappa shape index (κ3) is 6.02. The van der Waals surface area contributed by atoms with Gasteiger partial charge in [0.1, 0.15) is 0 Å². The SMILES string of the molecule is Cc1c(Cl)ccc2sc(N(CCCN3CCOCC3)C(=O)CCSc3ccccc3)nc12. The molecule has 32 heavy (non-hydrogen) atoms. The second-order valence-electron chi connectivity index (χ2n) is 7.78. The van der Waals surface area contributed by atoms with Gasteiger partial charge in [0.2, 0.25) is 5.91 Å². The van der Waals surface area contributed by atoms with Crippen LogP contribution in [-0.2, 0) is 9.53 Å². The van der Waals surface area contributed by atoms with Crippen molar-refractivity contribution in [3.8, 4) is 0 Å². The summed E-state index contributed by atoms with van der Waals surface area (Å²) >= 11 is 9.58. The number of fused-ring (bicyclic) bond motifs is 1. The summed E-state index contributed by atoms with van der Waals surface area (Å²) < 4.78 is 6.50. The number of hydrogen-bond donors (Lipinski definition) is 0. The molecule has 0 atom stereocenters. The van der Waals surface area contributed by atoms with E-state index in [2.05, 4.69) is 17.0 Å². The molecule has 0 aliphatic carbocycles. The van der Waals surface area contributed by atoms with Gasteiger partial charge in [-0.25, -0.2) is 4.98 Å². The quantitative estimate of drug-likeness (QED) is 0.371. The normalized spacial score (nSPS) is 14.7. The summed E-state index contributed by atoms with van der Waals surface area (Å²) in [5.74, 6) is 0.872. The molecule has 1 fully saturated rings. The van der Waals surface area contributed by atoms with Crippen LogP contribution in [0.1, 0.15) is 18.4 Å². The van der Waals surface area contributed by atoms with Gasteiger partial charge in [-0.15, -0.1) is 11.8 Å². The van der Waals surface area contributed by atoms with Crippen molar-refractivity contribution in [2.45, 2.75) is 24.7 Å². The molecule has 0 saturated carbocycles. The lowest BCUT2D eigenvalue weighted by Gasteiger charge is -2.27. The first-order chi connectivity index (χ1) is 15.6. The van der Waals surface area contributed by atoms with Gasteiger partial charge in [0.15, 0.2) is 5.13 Å². The summed E-state index contributed by atoms with van der Waals surface area (Å²) in [7, 11) is 0. The molecule has 0 unspecified atom stereocenters. The number of anilines is 1. The van der Waals surface area contributed by atoms with E-state index in [1.54, 1.807) is 23.1 Å². The van der Waals surface area contributed by atoms with Crippen molar-refractivity contribution < 1.29 is 9.53 Å². The molecule has 170 valence electrons. The molecule has 0 radical (unpaired) electrons. The Hall–Kier alpha value is -1.64. The van der Waals surface area contributed by atoms with Crippen molar-refractivity contribution in [1.29, 1.82) is 0 Å². The van der Waals surface area contributed by atoms with Gasteiger partial charge in [-0.05, 0) is 43.2 Å². The Morgan fingerprint density at radius 3 is 2.78 bits per heavy atom. The van der Waals surface area contributed by atoms with Crippen LogP contribution in [0.5, 0.6) is 0 Å². The molecule has 1 amide bonds. The molecule has 1 aromatic heterocycles. The van der Waals surface area contributed by atoms with Gasteiger partial charge in [-0.3, -0.25) is 14.6 Å². The molecule has 1 aliphatic heterocycles. The molecule has 0 bridgehead atoms. The van der Waals surface area contributed by atoms with Gasteiger partial charge in [0, 0.05) is 48.3 Å². The lowest BCUT2D eigenvalue weighted by Crippen LogP contribution is -2.39. The second kappa shape index (κ2) is 11.5. The fraction of sp³-hybridized carbons (Fsp3) is 0.417. The first-order valence-electron chi connectivity index (χ1n) is 11.0. The number of aryl methyl sites for hydroxylation is 1. The Morgan fingerprint density at radius 2 is 2.00 bits per heavy atom. The number of carbonyl (C=O) groups excluding carboxylic acids is 1. The number of amides is 1. The summed E-state index contributed by atoms with van der Waals surface area (Å²) in [4.78, 5) is 23.6. The molecule has 1 aliphatic rings. The van der Waals surface area contributed by atoms with E-state index in [4.69, 9.17) is 21.3 Å². The van der Waals surface area contributed by atoms with Crippen molar-refractivity contribution in [2.75, 3.05) is 50.0 Å².